The largest absolute Gasteiger partial charge is 0.242 e. The van der Waals surface area contributed by atoms with Crippen LogP contribution in [0.2, 0.25) is 0 Å². The summed E-state index contributed by atoms with van der Waals surface area (Å²) in [4.78, 5) is 0.262. The minimum atomic E-state index is -3.54. The van der Waals surface area contributed by atoms with Crippen LogP contribution in [0.5, 0.6) is 0 Å². The van der Waals surface area contributed by atoms with E-state index in [9.17, 15) is 8.42 Å². The molecule has 3 nitrogen and oxygen atoms in total. The summed E-state index contributed by atoms with van der Waals surface area (Å²) in [7, 11) is -3.54. The van der Waals surface area contributed by atoms with Gasteiger partial charge >= 0.3 is 0 Å². The van der Waals surface area contributed by atoms with Gasteiger partial charge in [0.1, 0.15) is 0 Å². The van der Waals surface area contributed by atoms with Gasteiger partial charge in [-0.05, 0) is 60.3 Å². The molecule has 0 aromatic heterocycles. The van der Waals surface area contributed by atoms with Crippen molar-refractivity contribution in [2.75, 3.05) is 0 Å². The maximum atomic E-state index is 12.5. The van der Waals surface area contributed by atoms with Crippen molar-refractivity contribution < 1.29 is 8.42 Å². The first-order valence-corrected chi connectivity index (χ1v) is 9.21. The lowest BCUT2D eigenvalue weighted by atomic mass is 9.98. The summed E-state index contributed by atoms with van der Waals surface area (Å²) in [5, 5.41) is 0. The van der Waals surface area contributed by atoms with E-state index in [-0.39, 0.29) is 4.90 Å². The van der Waals surface area contributed by atoms with E-state index in [4.69, 9.17) is 0 Å². The van der Waals surface area contributed by atoms with Crippen molar-refractivity contribution >= 4 is 41.9 Å². The van der Waals surface area contributed by atoms with Gasteiger partial charge in [-0.1, -0.05) is 29.8 Å². The van der Waals surface area contributed by atoms with E-state index in [1.165, 1.54) is 0 Å². The lowest BCUT2D eigenvalue weighted by molar-refractivity contribution is 0.388. The number of hydrogen-bond acceptors (Lipinski definition) is 2. The molecular formula is C13H19Br2NO2S. The Bertz CT molecular complexity index is 566. The van der Waals surface area contributed by atoms with Crippen molar-refractivity contribution in [1.82, 2.24) is 4.72 Å². The maximum absolute atomic E-state index is 12.5. The van der Waals surface area contributed by atoms with E-state index in [1.807, 2.05) is 27.7 Å². The fourth-order valence-corrected chi connectivity index (χ4v) is 4.84. The Balaban J connectivity index is 3.25. The number of rotatable bonds is 5. The third-order valence-corrected chi connectivity index (χ3v) is 6.90. The highest BCUT2D eigenvalue weighted by Gasteiger charge is 2.29. The molecule has 0 aliphatic rings. The summed E-state index contributed by atoms with van der Waals surface area (Å²) < 4.78 is 29.1. The van der Waals surface area contributed by atoms with Crippen LogP contribution >= 0.6 is 31.9 Å². The van der Waals surface area contributed by atoms with Crippen LogP contribution in [0.15, 0.2) is 26.0 Å². The first kappa shape index (κ1) is 17.1. The van der Waals surface area contributed by atoms with Gasteiger partial charge in [0.2, 0.25) is 10.0 Å². The average molecular weight is 413 g/mol. The zero-order valence-corrected chi connectivity index (χ0v) is 15.5. The molecule has 1 rings (SSSR count). The smallest absolute Gasteiger partial charge is 0.207 e. The summed E-state index contributed by atoms with van der Waals surface area (Å²) in [5.41, 5.74) is 0.565. The number of sulfonamides is 1. The van der Waals surface area contributed by atoms with Gasteiger partial charge in [-0.2, -0.15) is 0 Å². The summed E-state index contributed by atoms with van der Waals surface area (Å²) in [6.45, 7) is 7.79. The molecular weight excluding hydrogens is 394 g/mol. The van der Waals surface area contributed by atoms with E-state index < -0.39 is 15.6 Å². The molecule has 108 valence electrons. The van der Waals surface area contributed by atoms with Crippen molar-refractivity contribution in [3.05, 3.63) is 26.6 Å². The second-order valence-corrected chi connectivity index (χ2v) is 8.26. The minimum Gasteiger partial charge on any atom is -0.207 e. The summed E-state index contributed by atoms with van der Waals surface area (Å²) in [6.07, 6.45) is 1.49. The van der Waals surface area contributed by atoms with Crippen LogP contribution in [0.3, 0.4) is 0 Å². The van der Waals surface area contributed by atoms with Crippen LogP contribution in [0.4, 0.5) is 0 Å². The van der Waals surface area contributed by atoms with Gasteiger partial charge < -0.3 is 0 Å². The summed E-state index contributed by atoms with van der Waals surface area (Å²) >= 11 is 6.70. The molecule has 0 aliphatic heterocycles. The van der Waals surface area contributed by atoms with Gasteiger partial charge in [-0.25, -0.2) is 13.1 Å². The van der Waals surface area contributed by atoms with Crippen molar-refractivity contribution in [3.63, 3.8) is 0 Å². The van der Waals surface area contributed by atoms with Crippen LogP contribution in [0.1, 0.15) is 39.2 Å². The molecule has 0 aliphatic carbocycles. The van der Waals surface area contributed by atoms with Crippen molar-refractivity contribution in [3.8, 4) is 0 Å². The van der Waals surface area contributed by atoms with Gasteiger partial charge in [0, 0.05) is 14.5 Å². The van der Waals surface area contributed by atoms with E-state index in [0.29, 0.717) is 4.47 Å². The highest BCUT2D eigenvalue weighted by atomic mass is 79.9. The molecule has 0 saturated carbocycles. The van der Waals surface area contributed by atoms with Gasteiger partial charge in [-0.15, -0.1) is 0 Å². The monoisotopic (exact) mass is 411 g/mol. The normalized spacial score (nSPS) is 12.7. The van der Waals surface area contributed by atoms with E-state index >= 15 is 0 Å². The molecule has 19 heavy (non-hydrogen) atoms. The number of halogens is 2. The van der Waals surface area contributed by atoms with Crippen LogP contribution < -0.4 is 4.72 Å². The molecule has 0 fully saturated rings. The molecule has 1 aromatic carbocycles. The molecule has 1 N–H and O–H groups in total. The van der Waals surface area contributed by atoms with Crippen LogP contribution in [0.25, 0.3) is 0 Å². The molecule has 0 atom stereocenters. The standard InChI is InChI=1S/C13H19Br2NO2S/c1-5-13(4,6-2)16-19(17,18)12-8-10(14)9(3)7-11(12)15/h7-8,16H,5-6H2,1-4H3. The Kier molecular flexibility index (Phi) is 5.63. The highest BCUT2D eigenvalue weighted by molar-refractivity contribution is 9.11. The SMILES string of the molecule is CCC(C)(CC)NS(=O)(=O)c1cc(Br)c(C)cc1Br. The fourth-order valence-electron chi connectivity index (χ4n) is 1.61. The van der Waals surface area contributed by atoms with Crippen molar-refractivity contribution in [2.24, 2.45) is 0 Å². The van der Waals surface area contributed by atoms with E-state index in [1.54, 1.807) is 12.1 Å². The predicted octanol–water partition coefficient (Wildman–Crippen LogP) is 4.38. The molecule has 0 unspecified atom stereocenters. The lowest BCUT2D eigenvalue weighted by Gasteiger charge is -2.28. The second-order valence-electron chi connectivity index (χ2n) is 4.91. The Morgan fingerprint density at radius 1 is 1.16 bits per heavy atom. The van der Waals surface area contributed by atoms with Crippen LogP contribution in [-0.4, -0.2) is 14.0 Å². The number of aryl methyl sites for hydroxylation is 1. The van der Waals surface area contributed by atoms with Gasteiger partial charge in [0.25, 0.3) is 0 Å². The maximum Gasteiger partial charge on any atom is 0.242 e. The molecule has 0 spiro atoms. The molecule has 0 radical (unpaired) electrons. The van der Waals surface area contributed by atoms with Crippen molar-refractivity contribution in [1.29, 1.82) is 0 Å². The first-order valence-electron chi connectivity index (χ1n) is 6.15. The highest BCUT2D eigenvalue weighted by Crippen LogP contribution is 2.30. The van der Waals surface area contributed by atoms with E-state index in [2.05, 4.69) is 36.6 Å². The lowest BCUT2D eigenvalue weighted by Crippen LogP contribution is -2.44. The molecule has 0 saturated heterocycles. The molecule has 0 heterocycles. The van der Waals surface area contributed by atoms with E-state index in [0.717, 1.165) is 22.9 Å². The fraction of sp³-hybridized carbons (Fsp3) is 0.538. The Morgan fingerprint density at radius 3 is 2.16 bits per heavy atom. The second kappa shape index (κ2) is 6.24. The number of hydrogen-bond donors (Lipinski definition) is 1. The molecule has 0 amide bonds. The predicted molar refractivity (Wildman–Crippen MR) is 85.9 cm³/mol. The minimum absolute atomic E-state index is 0.262. The van der Waals surface area contributed by atoms with Gasteiger partial charge in [0.05, 0.1) is 4.90 Å². The topological polar surface area (TPSA) is 46.2 Å². The van der Waals surface area contributed by atoms with Crippen LogP contribution in [-0.2, 0) is 10.0 Å². The third kappa shape index (κ3) is 4.03. The Labute approximate surface area is 132 Å². The zero-order chi connectivity index (χ0) is 14.8. The third-order valence-electron chi connectivity index (χ3n) is 3.44. The Hall–Kier alpha value is 0.0900. The quantitative estimate of drug-likeness (QED) is 0.779. The first-order chi connectivity index (χ1) is 8.65. The molecule has 0 bridgehead atoms. The van der Waals surface area contributed by atoms with Gasteiger partial charge in [-0.3, -0.25) is 0 Å². The number of benzene rings is 1. The van der Waals surface area contributed by atoms with Crippen molar-refractivity contribution in [2.45, 2.75) is 51.0 Å². The summed E-state index contributed by atoms with van der Waals surface area (Å²) in [5.74, 6) is 0. The van der Waals surface area contributed by atoms with Crippen LogP contribution in [0, 0.1) is 6.92 Å². The number of nitrogens with one attached hydrogen (secondary N) is 1. The average Bonchev–Trinajstić information content (AvgIpc) is 2.33. The summed E-state index contributed by atoms with van der Waals surface area (Å²) in [6, 6.07) is 3.43. The Morgan fingerprint density at radius 2 is 1.68 bits per heavy atom. The van der Waals surface area contributed by atoms with Gasteiger partial charge in [0.15, 0.2) is 0 Å². The molecule has 6 heteroatoms. The zero-order valence-electron chi connectivity index (χ0n) is 11.5. The molecule has 1 aromatic rings.